The number of likely N-dealkylation sites (N-methyl/N-ethyl adjacent to an activating group) is 1. The normalized spacial score (nSPS) is 19.9. The number of carbonyl (C=O) groups is 1. The first kappa shape index (κ1) is 12.3. The van der Waals surface area contributed by atoms with Crippen LogP contribution >= 0.6 is 11.3 Å². The summed E-state index contributed by atoms with van der Waals surface area (Å²) < 4.78 is 0. The van der Waals surface area contributed by atoms with Crippen LogP contribution in [-0.2, 0) is 11.4 Å². The maximum absolute atomic E-state index is 12.1. The monoisotopic (exact) mass is 255 g/mol. The van der Waals surface area contributed by atoms with E-state index >= 15 is 0 Å². The van der Waals surface area contributed by atoms with Gasteiger partial charge in [-0.2, -0.15) is 0 Å². The highest BCUT2D eigenvalue weighted by molar-refractivity contribution is 7.15. The van der Waals surface area contributed by atoms with E-state index in [1.807, 2.05) is 25.8 Å². The van der Waals surface area contributed by atoms with Crippen LogP contribution < -0.4 is 4.90 Å². The predicted octanol–water partition coefficient (Wildman–Crippen LogP) is 0.692. The van der Waals surface area contributed by atoms with Gasteiger partial charge in [0.2, 0.25) is 5.91 Å². The van der Waals surface area contributed by atoms with E-state index in [4.69, 9.17) is 5.11 Å². The minimum absolute atomic E-state index is 0.000214. The Balaban J connectivity index is 2.29. The average Bonchev–Trinajstić information content (AvgIpc) is 2.74. The van der Waals surface area contributed by atoms with Crippen LogP contribution in [0.4, 0.5) is 5.13 Å². The molecule has 1 aromatic rings. The second-order valence-electron chi connectivity index (χ2n) is 4.70. The number of thiazole rings is 1. The molecule has 94 valence electrons. The van der Waals surface area contributed by atoms with Gasteiger partial charge in [-0.1, -0.05) is 11.3 Å². The number of anilines is 1. The minimum Gasteiger partial charge on any atom is -0.391 e. The van der Waals surface area contributed by atoms with Crippen LogP contribution in [0.3, 0.4) is 0 Å². The number of aromatic nitrogens is 1. The molecule has 17 heavy (non-hydrogen) atoms. The van der Waals surface area contributed by atoms with Gasteiger partial charge in [-0.05, 0) is 13.8 Å². The molecule has 1 aliphatic heterocycles. The molecule has 5 nitrogen and oxygen atoms in total. The summed E-state index contributed by atoms with van der Waals surface area (Å²) in [6, 6.07) is 0. The third-order valence-corrected chi connectivity index (χ3v) is 4.14. The number of amides is 1. The molecule has 0 bridgehead atoms. The molecule has 1 aliphatic rings. The number of aliphatic hydroxyl groups excluding tert-OH is 1. The van der Waals surface area contributed by atoms with E-state index < -0.39 is 5.54 Å². The Morgan fingerprint density at radius 3 is 2.82 bits per heavy atom. The van der Waals surface area contributed by atoms with Crippen molar-refractivity contribution in [2.24, 2.45) is 0 Å². The third kappa shape index (κ3) is 2.02. The molecule has 0 unspecified atom stereocenters. The van der Waals surface area contributed by atoms with Gasteiger partial charge in [0.1, 0.15) is 5.54 Å². The van der Waals surface area contributed by atoms with E-state index in [-0.39, 0.29) is 12.5 Å². The summed E-state index contributed by atoms with van der Waals surface area (Å²) in [4.78, 5) is 21.0. The zero-order valence-electron chi connectivity index (χ0n) is 10.3. The highest BCUT2D eigenvalue weighted by Crippen LogP contribution is 2.31. The molecule has 1 fully saturated rings. The number of carbonyl (C=O) groups excluding carboxylic acids is 1. The van der Waals surface area contributed by atoms with Gasteiger partial charge < -0.3 is 14.9 Å². The summed E-state index contributed by atoms with van der Waals surface area (Å²) in [5.74, 6) is 0.101. The largest absolute Gasteiger partial charge is 0.391 e. The Labute approximate surface area is 105 Å². The zero-order valence-corrected chi connectivity index (χ0v) is 11.1. The van der Waals surface area contributed by atoms with E-state index in [2.05, 4.69) is 4.98 Å². The first-order valence-electron chi connectivity index (χ1n) is 5.55. The van der Waals surface area contributed by atoms with Crippen LogP contribution in [0.2, 0.25) is 0 Å². The first-order valence-corrected chi connectivity index (χ1v) is 6.37. The molecule has 0 aliphatic carbocycles. The molecule has 0 radical (unpaired) electrons. The fourth-order valence-electron chi connectivity index (χ4n) is 2.04. The summed E-state index contributed by atoms with van der Waals surface area (Å²) in [6.45, 7) is 5.29. The molecule has 2 heterocycles. The van der Waals surface area contributed by atoms with Crippen molar-refractivity contribution in [3.05, 3.63) is 11.1 Å². The number of piperazine rings is 1. The lowest BCUT2D eigenvalue weighted by molar-refractivity contribution is -0.136. The van der Waals surface area contributed by atoms with Gasteiger partial charge >= 0.3 is 0 Å². The van der Waals surface area contributed by atoms with Crippen molar-refractivity contribution in [2.75, 3.05) is 25.0 Å². The van der Waals surface area contributed by atoms with Crippen LogP contribution in [0.1, 0.15) is 18.7 Å². The van der Waals surface area contributed by atoms with Gasteiger partial charge in [0.05, 0.1) is 11.5 Å². The summed E-state index contributed by atoms with van der Waals surface area (Å²) >= 11 is 1.44. The highest BCUT2D eigenvalue weighted by Gasteiger charge is 2.41. The maximum Gasteiger partial charge on any atom is 0.247 e. The van der Waals surface area contributed by atoms with Crippen molar-refractivity contribution in [2.45, 2.75) is 26.0 Å². The van der Waals surface area contributed by atoms with Gasteiger partial charge in [-0.25, -0.2) is 4.98 Å². The molecular formula is C11H17N3O2S. The molecule has 0 saturated carbocycles. The number of hydrogen-bond donors (Lipinski definition) is 1. The van der Waals surface area contributed by atoms with Crippen molar-refractivity contribution in [1.29, 1.82) is 0 Å². The number of rotatable bonds is 2. The Morgan fingerprint density at radius 1 is 1.53 bits per heavy atom. The molecule has 1 saturated heterocycles. The van der Waals surface area contributed by atoms with E-state index in [0.29, 0.717) is 6.54 Å². The SMILES string of the molecule is CN1CCN(c2ncc(CO)s2)C(C)(C)C1=O. The van der Waals surface area contributed by atoms with Gasteiger partial charge in [-0.3, -0.25) is 4.79 Å². The second-order valence-corrected chi connectivity index (χ2v) is 5.80. The van der Waals surface area contributed by atoms with Crippen molar-refractivity contribution in [1.82, 2.24) is 9.88 Å². The van der Waals surface area contributed by atoms with Crippen LogP contribution in [0.15, 0.2) is 6.20 Å². The van der Waals surface area contributed by atoms with Crippen molar-refractivity contribution >= 4 is 22.4 Å². The second kappa shape index (κ2) is 4.27. The van der Waals surface area contributed by atoms with Gasteiger partial charge in [-0.15, -0.1) is 0 Å². The summed E-state index contributed by atoms with van der Waals surface area (Å²) in [6.07, 6.45) is 1.67. The molecule has 1 N–H and O–H groups in total. The van der Waals surface area contributed by atoms with Gasteiger partial charge in [0, 0.05) is 26.3 Å². The quantitative estimate of drug-likeness (QED) is 0.845. The summed E-state index contributed by atoms with van der Waals surface area (Å²) in [5, 5.41) is 9.86. The molecular weight excluding hydrogens is 238 g/mol. The topological polar surface area (TPSA) is 56.7 Å². The van der Waals surface area contributed by atoms with Gasteiger partial charge in [0.15, 0.2) is 5.13 Å². The molecule has 2 rings (SSSR count). The Bertz CT molecular complexity index is 430. The lowest BCUT2D eigenvalue weighted by atomic mass is 9.99. The molecule has 6 heteroatoms. The standard InChI is InChI=1S/C11H17N3O2S/c1-11(2)9(16)13(3)4-5-14(11)10-12-6-8(7-15)17-10/h6,15H,4-5,7H2,1-3H3. The fourth-order valence-corrected chi connectivity index (χ4v) is 2.98. The van der Waals surface area contributed by atoms with Crippen molar-refractivity contribution in [3.63, 3.8) is 0 Å². The fraction of sp³-hybridized carbons (Fsp3) is 0.636. The molecule has 0 atom stereocenters. The lowest BCUT2D eigenvalue weighted by Crippen LogP contribution is -2.62. The Hall–Kier alpha value is -1.14. The Kier molecular flexibility index (Phi) is 3.09. The van der Waals surface area contributed by atoms with Crippen molar-refractivity contribution < 1.29 is 9.90 Å². The predicted molar refractivity (Wildman–Crippen MR) is 67.1 cm³/mol. The van der Waals surface area contributed by atoms with E-state index in [9.17, 15) is 4.79 Å². The number of nitrogens with zero attached hydrogens (tertiary/aromatic N) is 3. The highest BCUT2D eigenvalue weighted by atomic mass is 32.1. The van der Waals surface area contributed by atoms with E-state index in [0.717, 1.165) is 16.6 Å². The smallest absolute Gasteiger partial charge is 0.247 e. The number of aliphatic hydroxyl groups is 1. The summed E-state index contributed by atoms with van der Waals surface area (Å²) in [7, 11) is 1.82. The summed E-state index contributed by atoms with van der Waals surface area (Å²) in [5.41, 5.74) is -0.572. The molecule has 1 aromatic heterocycles. The van der Waals surface area contributed by atoms with Crippen LogP contribution in [0, 0.1) is 0 Å². The van der Waals surface area contributed by atoms with Gasteiger partial charge in [0.25, 0.3) is 0 Å². The third-order valence-electron chi connectivity index (χ3n) is 3.13. The average molecular weight is 255 g/mol. The Morgan fingerprint density at radius 2 is 2.24 bits per heavy atom. The maximum atomic E-state index is 12.1. The van der Waals surface area contributed by atoms with Crippen LogP contribution in [-0.4, -0.2) is 46.6 Å². The van der Waals surface area contributed by atoms with E-state index in [1.165, 1.54) is 11.3 Å². The zero-order chi connectivity index (χ0) is 12.6. The molecule has 0 aromatic carbocycles. The molecule has 1 amide bonds. The molecule has 0 spiro atoms. The number of hydrogen-bond acceptors (Lipinski definition) is 5. The van der Waals surface area contributed by atoms with Crippen LogP contribution in [0.5, 0.6) is 0 Å². The van der Waals surface area contributed by atoms with Crippen molar-refractivity contribution in [3.8, 4) is 0 Å². The van der Waals surface area contributed by atoms with Crippen LogP contribution in [0.25, 0.3) is 0 Å². The van der Waals surface area contributed by atoms with E-state index in [1.54, 1.807) is 11.1 Å². The lowest BCUT2D eigenvalue weighted by Gasteiger charge is -2.44. The first-order chi connectivity index (χ1) is 7.96. The minimum atomic E-state index is -0.572.